The first-order chi connectivity index (χ1) is 9.04. The Hall–Kier alpha value is -2.70. The Labute approximate surface area is 107 Å². The van der Waals surface area contributed by atoms with E-state index in [9.17, 15) is 4.39 Å². The lowest BCUT2D eigenvalue weighted by Gasteiger charge is -2.03. The molecule has 0 fully saturated rings. The maximum Gasteiger partial charge on any atom is 0.293 e. The van der Waals surface area contributed by atoms with Crippen molar-refractivity contribution in [2.75, 3.05) is 11.5 Å². The van der Waals surface area contributed by atoms with Gasteiger partial charge in [-0.25, -0.2) is 4.39 Å². The molecule has 0 saturated carbocycles. The van der Waals surface area contributed by atoms with Crippen LogP contribution in [-0.2, 0) is 0 Å². The molecule has 4 N–H and O–H groups in total. The highest BCUT2D eigenvalue weighted by Crippen LogP contribution is 2.27. The molecule has 0 saturated heterocycles. The van der Waals surface area contributed by atoms with Crippen LogP contribution in [0.25, 0.3) is 22.4 Å². The van der Waals surface area contributed by atoms with Crippen LogP contribution < -0.4 is 11.5 Å². The summed E-state index contributed by atoms with van der Waals surface area (Å²) < 4.78 is 19.0. The number of rotatable bonds is 1. The van der Waals surface area contributed by atoms with E-state index < -0.39 is 5.82 Å². The lowest BCUT2D eigenvalue weighted by atomic mass is 10.1. The van der Waals surface area contributed by atoms with E-state index in [4.69, 9.17) is 15.9 Å². The molecule has 2 heterocycles. The number of nitrogens with zero attached hydrogens (tertiary/aromatic N) is 3. The average Bonchev–Trinajstić information content (AvgIpc) is 2.74. The quantitative estimate of drug-likeness (QED) is 0.691. The predicted octanol–water partition coefficient (Wildman–Crippen LogP) is 1.90. The number of oxazole rings is 1. The van der Waals surface area contributed by atoms with Gasteiger partial charge >= 0.3 is 0 Å². The Bertz CT molecular complexity index is 783. The van der Waals surface area contributed by atoms with Crippen LogP contribution in [0.3, 0.4) is 0 Å². The lowest BCUT2D eigenvalue weighted by molar-refractivity contribution is 0.622. The van der Waals surface area contributed by atoms with E-state index in [1.807, 2.05) is 0 Å². The third-order valence-corrected chi connectivity index (χ3v) is 2.78. The Morgan fingerprint density at radius 1 is 1.16 bits per heavy atom. The number of hydrogen-bond donors (Lipinski definition) is 2. The standard InChI is InChI=1S/C12H10FN5O/c1-5-2-8(17-18-11(5)14)6-3-7(13)10-9(4-6)19-12(15)16-10/h2-4H,1H3,(H2,14,18)(H2,15,16). The first kappa shape index (κ1) is 11.4. The van der Waals surface area contributed by atoms with Gasteiger partial charge in [0.2, 0.25) is 0 Å². The summed E-state index contributed by atoms with van der Waals surface area (Å²) in [4.78, 5) is 3.76. The van der Waals surface area contributed by atoms with E-state index in [0.29, 0.717) is 17.1 Å². The van der Waals surface area contributed by atoms with E-state index in [2.05, 4.69) is 15.2 Å². The van der Waals surface area contributed by atoms with Gasteiger partial charge in [0, 0.05) is 5.56 Å². The van der Waals surface area contributed by atoms with Crippen LogP contribution in [0.1, 0.15) is 5.56 Å². The molecule has 19 heavy (non-hydrogen) atoms. The Kier molecular flexibility index (Phi) is 2.34. The number of anilines is 2. The highest BCUT2D eigenvalue weighted by molar-refractivity contribution is 5.81. The van der Waals surface area contributed by atoms with Crippen LogP contribution >= 0.6 is 0 Å². The number of benzene rings is 1. The van der Waals surface area contributed by atoms with Gasteiger partial charge < -0.3 is 15.9 Å². The van der Waals surface area contributed by atoms with E-state index >= 15 is 0 Å². The van der Waals surface area contributed by atoms with Crippen LogP contribution in [-0.4, -0.2) is 15.2 Å². The summed E-state index contributed by atoms with van der Waals surface area (Å²) in [5.41, 5.74) is 13.2. The predicted molar refractivity (Wildman–Crippen MR) is 68.6 cm³/mol. The summed E-state index contributed by atoms with van der Waals surface area (Å²) in [6.45, 7) is 1.80. The highest BCUT2D eigenvalue weighted by atomic mass is 19.1. The number of nitrogen functional groups attached to an aromatic ring is 2. The first-order valence-corrected chi connectivity index (χ1v) is 5.50. The summed E-state index contributed by atoms with van der Waals surface area (Å²) in [6, 6.07) is 4.57. The van der Waals surface area contributed by atoms with Crippen LogP contribution in [0, 0.1) is 12.7 Å². The van der Waals surface area contributed by atoms with Crippen molar-refractivity contribution in [1.29, 1.82) is 0 Å². The number of halogens is 1. The third kappa shape index (κ3) is 1.85. The fraction of sp³-hybridized carbons (Fsp3) is 0.0833. The van der Waals surface area contributed by atoms with Crippen molar-refractivity contribution in [2.45, 2.75) is 6.92 Å². The summed E-state index contributed by atoms with van der Waals surface area (Å²) in [7, 11) is 0. The minimum atomic E-state index is -0.524. The zero-order valence-corrected chi connectivity index (χ0v) is 10.0. The molecule has 3 aromatic rings. The first-order valence-electron chi connectivity index (χ1n) is 5.50. The van der Waals surface area contributed by atoms with Crippen LogP contribution in [0.2, 0.25) is 0 Å². The van der Waals surface area contributed by atoms with Crippen LogP contribution in [0.15, 0.2) is 22.6 Å². The summed E-state index contributed by atoms with van der Waals surface area (Å²) >= 11 is 0. The maximum absolute atomic E-state index is 13.9. The highest BCUT2D eigenvalue weighted by Gasteiger charge is 2.13. The molecule has 7 heteroatoms. The Balaban J connectivity index is 2.21. The number of aryl methyl sites for hydroxylation is 1. The van der Waals surface area contributed by atoms with Gasteiger partial charge in [-0.05, 0) is 30.7 Å². The van der Waals surface area contributed by atoms with Crippen molar-refractivity contribution in [2.24, 2.45) is 0 Å². The molecule has 0 aliphatic rings. The minimum Gasteiger partial charge on any atom is -0.424 e. The number of hydrogen-bond acceptors (Lipinski definition) is 6. The van der Waals surface area contributed by atoms with Gasteiger partial charge in [-0.1, -0.05) is 0 Å². The van der Waals surface area contributed by atoms with E-state index in [-0.39, 0.29) is 17.1 Å². The molecule has 0 atom stereocenters. The van der Waals surface area contributed by atoms with Crippen molar-refractivity contribution in [3.63, 3.8) is 0 Å². The van der Waals surface area contributed by atoms with Gasteiger partial charge in [-0.15, -0.1) is 10.2 Å². The van der Waals surface area contributed by atoms with E-state index in [0.717, 1.165) is 5.56 Å². The van der Waals surface area contributed by atoms with Crippen molar-refractivity contribution in [1.82, 2.24) is 15.2 Å². The summed E-state index contributed by atoms with van der Waals surface area (Å²) in [5, 5.41) is 7.73. The average molecular weight is 259 g/mol. The van der Waals surface area contributed by atoms with E-state index in [1.54, 1.807) is 19.1 Å². The Morgan fingerprint density at radius 2 is 1.95 bits per heavy atom. The SMILES string of the molecule is Cc1cc(-c2cc(F)c3nc(N)oc3c2)nnc1N. The monoisotopic (exact) mass is 259 g/mol. The molecule has 0 spiro atoms. The largest absolute Gasteiger partial charge is 0.424 e. The molecule has 0 bridgehead atoms. The van der Waals surface area contributed by atoms with Crippen LogP contribution in [0.4, 0.5) is 16.2 Å². The topological polar surface area (TPSA) is 104 Å². The van der Waals surface area contributed by atoms with E-state index in [1.165, 1.54) is 6.07 Å². The molecule has 1 aromatic carbocycles. The molecule has 0 radical (unpaired) electrons. The molecule has 0 amide bonds. The Morgan fingerprint density at radius 3 is 2.68 bits per heavy atom. The van der Waals surface area contributed by atoms with Gasteiger partial charge in [0.25, 0.3) is 6.01 Å². The molecule has 0 unspecified atom stereocenters. The smallest absolute Gasteiger partial charge is 0.293 e. The van der Waals surface area contributed by atoms with Gasteiger partial charge in [0.15, 0.2) is 11.4 Å². The van der Waals surface area contributed by atoms with Crippen LogP contribution in [0.5, 0.6) is 0 Å². The second kappa shape index (κ2) is 3.91. The summed E-state index contributed by atoms with van der Waals surface area (Å²) in [6.07, 6.45) is 0. The van der Waals surface area contributed by atoms with Gasteiger partial charge in [-0.3, -0.25) is 0 Å². The molecule has 0 aliphatic carbocycles. The second-order valence-corrected chi connectivity index (χ2v) is 4.15. The molecule has 96 valence electrons. The molecule has 6 nitrogen and oxygen atoms in total. The van der Waals surface area contributed by atoms with Gasteiger partial charge in [-0.2, -0.15) is 4.98 Å². The van der Waals surface area contributed by atoms with Crippen molar-refractivity contribution in [3.05, 3.63) is 29.6 Å². The minimum absolute atomic E-state index is 0.0781. The van der Waals surface area contributed by atoms with Crippen molar-refractivity contribution < 1.29 is 8.81 Å². The number of aromatic nitrogens is 3. The molecular weight excluding hydrogens is 249 g/mol. The fourth-order valence-corrected chi connectivity index (χ4v) is 1.79. The summed E-state index contributed by atoms with van der Waals surface area (Å²) in [5.74, 6) is -0.182. The zero-order chi connectivity index (χ0) is 13.6. The van der Waals surface area contributed by atoms with Gasteiger partial charge in [0.05, 0.1) is 5.69 Å². The zero-order valence-electron chi connectivity index (χ0n) is 10.0. The van der Waals surface area contributed by atoms with Gasteiger partial charge in [0.1, 0.15) is 11.3 Å². The van der Waals surface area contributed by atoms with Crippen molar-refractivity contribution in [3.8, 4) is 11.3 Å². The number of nitrogens with two attached hydrogens (primary N) is 2. The third-order valence-electron chi connectivity index (χ3n) is 2.78. The van der Waals surface area contributed by atoms with Crippen molar-refractivity contribution >= 4 is 22.9 Å². The molecular formula is C12H10FN5O. The maximum atomic E-state index is 13.9. The molecule has 3 rings (SSSR count). The normalized spacial score (nSPS) is 11.1. The lowest BCUT2D eigenvalue weighted by Crippen LogP contribution is -1.98. The number of fused-ring (bicyclic) bond motifs is 1. The fourth-order valence-electron chi connectivity index (χ4n) is 1.79. The second-order valence-electron chi connectivity index (χ2n) is 4.15. The molecule has 0 aliphatic heterocycles. The molecule has 2 aromatic heterocycles.